The minimum atomic E-state index is 0. The van der Waals surface area contributed by atoms with E-state index < -0.39 is 0 Å². The van der Waals surface area contributed by atoms with Crippen LogP contribution in [-0.4, -0.2) is 25.0 Å². The number of hydrogen-bond donors (Lipinski definition) is 2. The Bertz CT molecular complexity index is 232. The van der Waals surface area contributed by atoms with Crippen LogP contribution in [0.3, 0.4) is 0 Å². The third-order valence-electron chi connectivity index (χ3n) is 3.59. The highest BCUT2D eigenvalue weighted by Gasteiger charge is 2.53. The molecule has 14 heavy (non-hydrogen) atoms. The predicted octanol–water partition coefficient (Wildman–Crippen LogP) is 0.542. The standard InChI is InChI=1S/C10H16N2O.ClH/c13-9(3-6-1-2-6)12-10-7-4-11-5-8(7)10;/h6-8,10-11H,1-5H2,(H,12,13);1H/t7-,8+,10?;. The lowest BCUT2D eigenvalue weighted by molar-refractivity contribution is -0.121. The fourth-order valence-electron chi connectivity index (χ4n) is 2.46. The van der Waals surface area contributed by atoms with Crippen molar-refractivity contribution in [3.8, 4) is 0 Å². The maximum Gasteiger partial charge on any atom is 0.220 e. The van der Waals surface area contributed by atoms with Crippen molar-refractivity contribution in [2.75, 3.05) is 13.1 Å². The van der Waals surface area contributed by atoms with Crippen molar-refractivity contribution in [1.29, 1.82) is 0 Å². The van der Waals surface area contributed by atoms with Crippen LogP contribution in [0.15, 0.2) is 0 Å². The van der Waals surface area contributed by atoms with Crippen molar-refractivity contribution in [2.45, 2.75) is 25.3 Å². The minimum Gasteiger partial charge on any atom is -0.353 e. The number of rotatable bonds is 3. The van der Waals surface area contributed by atoms with Gasteiger partial charge in [-0.3, -0.25) is 4.79 Å². The first-order valence-electron chi connectivity index (χ1n) is 5.34. The van der Waals surface area contributed by atoms with Crippen LogP contribution >= 0.6 is 12.4 Å². The fourth-order valence-corrected chi connectivity index (χ4v) is 2.46. The van der Waals surface area contributed by atoms with Crippen molar-refractivity contribution >= 4 is 18.3 Å². The Kier molecular flexibility index (Phi) is 2.71. The summed E-state index contributed by atoms with van der Waals surface area (Å²) < 4.78 is 0. The zero-order valence-electron chi connectivity index (χ0n) is 8.16. The topological polar surface area (TPSA) is 41.1 Å². The largest absolute Gasteiger partial charge is 0.353 e. The predicted molar refractivity (Wildman–Crippen MR) is 56.4 cm³/mol. The van der Waals surface area contributed by atoms with Gasteiger partial charge in [0.1, 0.15) is 0 Å². The van der Waals surface area contributed by atoms with Crippen LogP contribution in [0, 0.1) is 17.8 Å². The molecule has 0 spiro atoms. The Balaban J connectivity index is 0.000000750. The lowest BCUT2D eigenvalue weighted by Crippen LogP contribution is -2.32. The molecule has 3 aliphatic rings. The number of piperidine rings is 1. The van der Waals surface area contributed by atoms with E-state index in [1.165, 1.54) is 12.8 Å². The molecule has 1 amide bonds. The number of carbonyl (C=O) groups excluding carboxylic acids is 1. The van der Waals surface area contributed by atoms with E-state index in [1.807, 2.05) is 0 Å². The average Bonchev–Trinajstić information content (AvgIpc) is 2.97. The van der Waals surface area contributed by atoms with E-state index in [1.54, 1.807) is 0 Å². The van der Waals surface area contributed by atoms with Crippen LogP contribution in [0.5, 0.6) is 0 Å². The van der Waals surface area contributed by atoms with Crippen molar-refractivity contribution in [2.24, 2.45) is 17.8 Å². The van der Waals surface area contributed by atoms with Gasteiger partial charge >= 0.3 is 0 Å². The smallest absolute Gasteiger partial charge is 0.220 e. The molecule has 1 unspecified atom stereocenters. The van der Waals surface area contributed by atoms with Gasteiger partial charge in [0.05, 0.1) is 0 Å². The molecule has 0 aromatic carbocycles. The Hall–Kier alpha value is -0.280. The molecule has 2 saturated carbocycles. The van der Waals surface area contributed by atoms with Gasteiger partial charge in [-0.1, -0.05) is 0 Å². The van der Waals surface area contributed by atoms with Gasteiger partial charge in [0, 0.05) is 25.6 Å². The van der Waals surface area contributed by atoms with E-state index in [0.717, 1.165) is 37.3 Å². The summed E-state index contributed by atoms with van der Waals surface area (Å²) >= 11 is 0. The molecule has 1 saturated heterocycles. The molecule has 0 aromatic heterocycles. The maximum absolute atomic E-state index is 11.4. The van der Waals surface area contributed by atoms with Crippen LogP contribution in [0.1, 0.15) is 19.3 Å². The van der Waals surface area contributed by atoms with Gasteiger partial charge in [0.25, 0.3) is 0 Å². The summed E-state index contributed by atoms with van der Waals surface area (Å²) in [6.07, 6.45) is 3.32. The summed E-state index contributed by atoms with van der Waals surface area (Å²) in [5.41, 5.74) is 0. The number of carbonyl (C=O) groups is 1. The Morgan fingerprint density at radius 3 is 2.50 bits per heavy atom. The summed E-state index contributed by atoms with van der Waals surface area (Å²) in [6.45, 7) is 2.22. The van der Waals surface area contributed by atoms with E-state index in [4.69, 9.17) is 0 Å². The molecule has 3 atom stereocenters. The number of fused-ring (bicyclic) bond motifs is 1. The van der Waals surface area contributed by atoms with E-state index in [9.17, 15) is 4.79 Å². The maximum atomic E-state index is 11.4. The van der Waals surface area contributed by atoms with Gasteiger partial charge in [-0.25, -0.2) is 0 Å². The molecule has 2 aliphatic carbocycles. The zero-order valence-corrected chi connectivity index (χ0v) is 8.98. The molecule has 0 aromatic rings. The van der Waals surface area contributed by atoms with Crippen molar-refractivity contribution < 1.29 is 4.79 Å². The molecular formula is C10H17ClN2O. The number of nitrogens with one attached hydrogen (secondary N) is 2. The molecule has 1 aliphatic heterocycles. The van der Waals surface area contributed by atoms with Gasteiger partial charge in [-0.05, 0) is 30.6 Å². The van der Waals surface area contributed by atoms with E-state index in [-0.39, 0.29) is 12.4 Å². The summed E-state index contributed by atoms with van der Waals surface area (Å²) in [5.74, 6) is 2.52. The molecule has 2 N–H and O–H groups in total. The molecule has 3 fully saturated rings. The molecule has 0 radical (unpaired) electrons. The fraction of sp³-hybridized carbons (Fsp3) is 0.900. The van der Waals surface area contributed by atoms with Crippen molar-refractivity contribution in [3.63, 3.8) is 0 Å². The van der Waals surface area contributed by atoms with Crippen LogP contribution in [0.25, 0.3) is 0 Å². The second kappa shape index (κ2) is 3.70. The van der Waals surface area contributed by atoms with Gasteiger partial charge in [-0.15, -0.1) is 12.4 Å². The lowest BCUT2D eigenvalue weighted by Gasteiger charge is -2.06. The van der Waals surface area contributed by atoms with Crippen LogP contribution < -0.4 is 10.6 Å². The Labute approximate surface area is 90.4 Å². The first kappa shape index (κ1) is 10.2. The van der Waals surface area contributed by atoms with E-state index in [2.05, 4.69) is 10.6 Å². The Morgan fingerprint density at radius 2 is 1.93 bits per heavy atom. The number of amides is 1. The average molecular weight is 217 g/mol. The lowest BCUT2D eigenvalue weighted by atomic mass is 10.3. The van der Waals surface area contributed by atoms with Crippen LogP contribution in [0.2, 0.25) is 0 Å². The summed E-state index contributed by atoms with van der Waals surface area (Å²) in [6, 6.07) is 0.521. The number of halogens is 1. The third-order valence-corrected chi connectivity index (χ3v) is 3.59. The summed E-state index contributed by atoms with van der Waals surface area (Å²) in [7, 11) is 0. The minimum absolute atomic E-state index is 0. The molecular weight excluding hydrogens is 200 g/mol. The van der Waals surface area contributed by atoms with Gasteiger partial charge in [0.15, 0.2) is 0 Å². The zero-order chi connectivity index (χ0) is 8.84. The highest BCUT2D eigenvalue weighted by Crippen LogP contribution is 2.42. The van der Waals surface area contributed by atoms with Gasteiger partial charge in [-0.2, -0.15) is 0 Å². The van der Waals surface area contributed by atoms with Gasteiger partial charge < -0.3 is 10.6 Å². The highest BCUT2D eigenvalue weighted by atomic mass is 35.5. The molecule has 3 rings (SSSR count). The molecule has 1 heterocycles. The van der Waals surface area contributed by atoms with E-state index >= 15 is 0 Å². The van der Waals surface area contributed by atoms with Crippen molar-refractivity contribution in [3.05, 3.63) is 0 Å². The second-order valence-corrected chi connectivity index (χ2v) is 4.73. The second-order valence-electron chi connectivity index (χ2n) is 4.73. The van der Waals surface area contributed by atoms with Crippen LogP contribution in [-0.2, 0) is 4.79 Å². The Morgan fingerprint density at radius 1 is 1.29 bits per heavy atom. The quantitative estimate of drug-likeness (QED) is 0.723. The molecule has 80 valence electrons. The van der Waals surface area contributed by atoms with Gasteiger partial charge in [0.2, 0.25) is 5.91 Å². The summed E-state index contributed by atoms with van der Waals surface area (Å²) in [4.78, 5) is 11.4. The third kappa shape index (κ3) is 1.89. The monoisotopic (exact) mass is 216 g/mol. The molecule has 3 nitrogen and oxygen atoms in total. The molecule has 0 bridgehead atoms. The molecule has 4 heteroatoms. The van der Waals surface area contributed by atoms with E-state index in [0.29, 0.717) is 11.9 Å². The highest BCUT2D eigenvalue weighted by molar-refractivity contribution is 5.85. The first-order chi connectivity index (χ1) is 6.34. The normalized spacial score (nSPS) is 38.4. The first-order valence-corrected chi connectivity index (χ1v) is 5.34. The number of hydrogen-bond acceptors (Lipinski definition) is 2. The van der Waals surface area contributed by atoms with Crippen molar-refractivity contribution in [1.82, 2.24) is 10.6 Å². The SMILES string of the molecule is Cl.O=C(CC1CC1)NC1[C@H]2CNC[C@@H]12. The summed E-state index contributed by atoms with van der Waals surface area (Å²) in [5, 5.41) is 6.48. The van der Waals surface area contributed by atoms with Crippen LogP contribution in [0.4, 0.5) is 0 Å².